The van der Waals surface area contributed by atoms with Gasteiger partial charge in [0.2, 0.25) is 0 Å². The average Bonchev–Trinajstić information content (AvgIpc) is 2.48. The molecule has 2 rings (SSSR count). The summed E-state index contributed by atoms with van der Waals surface area (Å²) in [7, 11) is 0. The summed E-state index contributed by atoms with van der Waals surface area (Å²) in [6.07, 6.45) is 2.22. The summed E-state index contributed by atoms with van der Waals surface area (Å²) in [5.41, 5.74) is 0. The largest absolute Gasteiger partial charge is 0.490 e. The van der Waals surface area contributed by atoms with E-state index in [9.17, 15) is 0 Å². The van der Waals surface area contributed by atoms with Crippen LogP contribution in [0, 0.1) is 0 Å². The van der Waals surface area contributed by atoms with Gasteiger partial charge >= 0.3 is 0 Å². The third kappa shape index (κ3) is 4.11. The van der Waals surface area contributed by atoms with Crippen molar-refractivity contribution in [3.63, 3.8) is 0 Å². The molecular weight excluding hydrogens is 266 g/mol. The summed E-state index contributed by atoms with van der Waals surface area (Å²) in [6, 6.07) is 8.24. The monoisotopic (exact) mass is 293 g/mol. The number of nitrogens with one attached hydrogen (secondary N) is 1. The summed E-state index contributed by atoms with van der Waals surface area (Å²) in [4.78, 5) is 0. The highest BCUT2D eigenvalue weighted by Gasteiger charge is 2.43. The van der Waals surface area contributed by atoms with Crippen LogP contribution in [0.1, 0.15) is 33.6 Å². The summed E-state index contributed by atoms with van der Waals surface area (Å²) >= 11 is 0. The molecule has 1 aromatic rings. The van der Waals surface area contributed by atoms with Crippen LogP contribution in [0.3, 0.4) is 0 Å². The van der Waals surface area contributed by atoms with Gasteiger partial charge in [-0.3, -0.25) is 0 Å². The number of rotatable bonds is 9. The van der Waals surface area contributed by atoms with Crippen LogP contribution in [0.15, 0.2) is 24.3 Å². The third-order valence-electron chi connectivity index (χ3n) is 3.66. The lowest BCUT2D eigenvalue weighted by Crippen LogP contribution is -2.61. The van der Waals surface area contributed by atoms with Gasteiger partial charge in [0.25, 0.3) is 0 Å². The molecule has 1 aliphatic rings. The highest BCUT2D eigenvalue weighted by molar-refractivity contribution is 5.39. The van der Waals surface area contributed by atoms with Crippen LogP contribution in [0.4, 0.5) is 0 Å². The molecule has 0 saturated heterocycles. The Morgan fingerprint density at radius 2 is 1.90 bits per heavy atom. The Hall–Kier alpha value is -1.26. The second-order valence-electron chi connectivity index (χ2n) is 5.27. The molecule has 0 bridgehead atoms. The number of ether oxygens (including phenoxy) is 3. The summed E-state index contributed by atoms with van der Waals surface area (Å²) < 4.78 is 17.7. The predicted molar refractivity (Wildman–Crippen MR) is 84.1 cm³/mol. The zero-order valence-corrected chi connectivity index (χ0v) is 13.3. The molecule has 1 aromatic carbocycles. The number of para-hydroxylation sites is 2. The van der Waals surface area contributed by atoms with E-state index >= 15 is 0 Å². The molecule has 0 radical (unpaired) electrons. The Kier molecular flexibility index (Phi) is 6.33. The van der Waals surface area contributed by atoms with E-state index in [0.717, 1.165) is 37.5 Å². The van der Waals surface area contributed by atoms with Crippen LogP contribution in [0.5, 0.6) is 11.5 Å². The normalized spacial score (nSPS) is 24.4. The average molecular weight is 293 g/mol. The van der Waals surface area contributed by atoms with E-state index in [1.165, 1.54) is 0 Å². The Morgan fingerprint density at radius 3 is 2.57 bits per heavy atom. The van der Waals surface area contributed by atoms with E-state index in [4.69, 9.17) is 14.2 Å². The van der Waals surface area contributed by atoms with Crippen molar-refractivity contribution in [3.05, 3.63) is 24.3 Å². The fourth-order valence-corrected chi connectivity index (χ4v) is 2.62. The molecular formula is C17H27NO3. The number of hydrogen-bond donors (Lipinski definition) is 1. The van der Waals surface area contributed by atoms with E-state index in [0.29, 0.717) is 12.6 Å². The van der Waals surface area contributed by atoms with Gasteiger partial charge in [-0.2, -0.15) is 0 Å². The molecule has 4 heteroatoms. The quantitative estimate of drug-likeness (QED) is 0.760. The molecule has 0 aliphatic heterocycles. The highest BCUT2D eigenvalue weighted by atomic mass is 16.6. The minimum Gasteiger partial charge on any atom is -0.490 e. The second-order valence-corrected chi connectivity index (χ2v) is 5.27. The van der Waals surface area contributed by atoms with Crippen LogP contribution in [0.2, 0.25) is 0 Å². The standard InChI is InChI=1S/C17H27NO3/c1-4-11-20-17-13(18-5-2)12-16(17)21-15-10-8-7-9-14(15)19-6-3/h7-10,13,16-18H,4-6,11-12H2,1-3H3. The lowest BCUT2D eigenvalue weighted by molar-refractivity contribution is -0.108. The smallest absolute Gasteiger partial charge is 0.161 e. The first kappa shape index (κ1) is 16.1. The van der Waals surface area contributed by atoms with E-state index in [1.807, 2.05) is 31.2 Å². The van der Waals surface area contributed by atoms with Gasteiger partial charge in [-0.1, -0.05) is 26.0 Å². The van der Waals surface area contributed by atoms with Crippen molar-refractivity contribution in [2.24, 2.45) is 0 Å². The Bertz CT molecular complexity index is 424. The molecule has 1 N–H and O–H groups in total. The minimum absolute atomic E-state index is 0.0993. The molecule has 1 saturated carbocycles. The molecule has 0 spiro atoms. The maximum atomic E-state index is 6.13. The first-order valence-electron chi connectivity index (χ1n) is 8.03. The second kappa shape index (κ2) is 8.25. The number of likely N-dealkylation sites (N-methyl/N-ethyl adjacent to an activating group) is 1. The maximum absolute atomic E-state index is 6.13. The van der Waals surface area contributed by atoms with Crippen molar-refractivity contribution >= 4 is 0 Å². The van der Waals surface area contributed by atoms with E-state index in [1.54, 1.807) is 0 Å². The molecule has 4 nitrogen and oxygen atoms in total. The van der Waals surface area contributed by atoms with Crippen LogP contribution in [0.25, 0.3) is 0 Å². The molecule has 0 aromatic heterocycles. The van der Waals surface area contributed by atoms with Crippen LogP contribution >= 0.6 is 0 Å². The lowest BCUT2D eigenvalue weighted by atomic mass is 9.85. The van der Waals surface area contributed by atoms with Gasteiger partial charge < -0.3 is 19.5 Å². The minimum atomic E-state index is 0.0993. The zero-order chi connectivity index (χ0) is 15.1. The lowest BCUT2D eigenvalue weighted by Gasteiger charge is -2.44. The van der Waals surface area contributed by atoms with Crippen molar-refractivity contribution in [2.45, 2.75) is 51.9 Å². The van der Waals surface area contributed by atoms with Crippen LogP contribution in [-0.4, -0.2) is 38.0 Å². The maximum Gasteiger partial charge on any atom is 0.161 e. The molecule has 1 aliphatic carbocycles. The topological polar surface area (TPSA) is 39.7 Å². The van der Waals surface area contributed by atoms with E-state index < -0.39 is 0 Å². The molecule has 0 heterocycles. The van der Waals surface area contributed by atoms with Crippen molar-refractivity contribution in [3.8, 4) is 11.5 Å². The molecule has 21 heavy (non-hydrogen) atoms. The molecule has 118 valence electrons. The van der Waals surface area contributed by atoms with E-state index in [-0.39, 0.29) is 12.2 Å². The summed E-state index contributed by atoms with van der Waals surface area (Å²) in [6.45, 7) is 8.60. The van der Waals surface area contributed by atoms with Gasteiger partial charge in [-0.25, -0.2) is 0 Å². The molecule has 3 atom stereocenters. The number of hydrogen-bond acceptors (Lipinski definition) is 4. The first-order chi connectivity index (χ1) is 10.3. The number of benzene rings is 1. The van der Waals surface area contributed by atoms with Crippen LogP contribution in [-0.2, 0) is 4.74 Å². The zero-order valence-electron chi connectivity index (χ0n) is 13.3. The highest BCUT2D eigenvalue weighted by Crippen LogP contribution is 2.34. The van der Waals surface area contributed by atoms with Gasteiger partial charge in [0, 0.05) is 19.1 Å². The summed E-state index contributed by atoms with van der Waals surface area (Å²) in [5.74, 6) is 1.62. The van der Waals surface area contributed by atoms with Crippen molar-refractivity contribution in [2.75, 3.05) is 19.8 Å². The van der Waals surface area contributed by atoms with Gasteiger partial charge in [0.15, 0.2) is 11.5 Å². The fraction of sp³-hybridized carbons (Fsp3) is 0.647. The van der Waals surface area contributed by atoms with E-state index in [2.05, 4.69) is 19.2 Å². The van der Waals surface area contributed by atoms with Gasteiger partial charge in [0.05, 0.1) is 6.61 Å². The van der Waals surface area contributed by atoms with Gasteiger partial charge in [-0.05, 0) is 32.0 Å². The Balaban J connectivity index is 1.98. The van der Waals surface area contributed by atoms with Gasteiger partial charge in [-0.15, -0.1) is 0 Å². The third-order valence-corrected chi connectivity index (χ3v) is 3.66. The molecule has 0 amide bonds. The van der Waals surface area contributed by atoms with Gasteiger partial charge in [0.1, 0.15) is 12.2 Å². The summed E-state index contributed by atoms with van der Waals surface area (Å²) in [5, 5.41) is 3.46. The van der Waals surface area contributed by atoms with Crippen molar-refractivity contribution in [1.82, 2.24) is 5.32 Å². The molecule has 3 unspecified atom stereocenters. The van der Waals surface area contributed by atoms with Crippen LogP contribution < -0.4 is 14.8 Å². The van der Waals surface area contributed by atoms with Crippen molar-refractivity contribution < 1.29 is 14.2 Å². The Labute approximate surface area is 127 Å². The van der Waals surface area contributed by atoms with Crippen molar-refractivity contribution in [1.29, 1.82) is 0 Å². The first-order valence-corrected chi connectivity index (χ1v) is 8.03. The molecule has 1 fully saturated rings. The predicted octanol–water partition coefficient (Wildman–Crippen LogP) is 3.01. The Morgan fingerprint density at radius 1 is 1.14 bits per heavy atom. The fourth-order valence-electron chi connectivity index (χ4n) is 2.62. The SMILES string of the molecule is CCCOC1C(NCC)CC1Oc1ccccc1OCC.